The molecule has 0 aliphatic carbocycles. The molecular formula is C18H34N6O. The molecule has 3 N–H and O–H groups in total. The van der Waals surface area contributed by atoms with Gasteiger partial charge in [0.2, 0.25) is 0 Å². The number of hydrogen-bond donors (Lipinski definition) is 3. The van der Waals surface area contributed by atoms with E-state index in [4.69, 9.17) is 0 Å². The summed E-state index contributed by atoms with van der Waals surface area (Å²) in [6, 6.07) is 0. The van der Waals surface area contributed by atoms with E-state index in [9.17, 15) is 5.11 Å². The second-order valence-electron chi connectivity index (χ2n) is 7.15. The molecule has 1 aliphatic rings. The minimum absolute atomic E-state index is 0.291. The van der Waals surface area contributed by atoms with Gasteiger partial charge in [0.25, 0.3) is 0 Å². The van der Waals surface area contributed by atoms with E-state index in [1.165, 1.54) is 19.4 Å². The first-order chi connectivity index (χ1) is 11.9. The largest absolute Gasteiger partial charge is 0.383 e. The molecule has 2 heterocycles. The van der Waals surface area contributed by atoms with Crippen LogP contribution in [-0.4, -0.2) is 65.0 Å². The maximum atomic E-state index is 10.7. The van der Waals surface area contributed by atoms with Crippen molar-refractivity contribution in [2.24, 2.45) is 18.0 Å². The lowest BCUT2D eigenvalue weighted by molar-refractivity contribution is 0.0671. The molecule has 2 atom stereocenters. The summed E-state index contributed by atoms with van der Waals surface area (Å²) < 4.78 is 1.69. The Labute approximate surface area is 151 Å². The monoisotopic (exact) mass is 350 g/mol. The van der Waals surface area contributed by atoms with Gasteiger partial charge >= 0.3 is 0 Å². The van der Waals surface area contributed by atoms with Crippen molar-refractivity contribution in [1.29, 1.82) is 0 Å². The fraction of sp³-hybridized carbons (Fsp3) is 0.778. The Hall–Kier alpha value is -1.60. The lowest BCUT2D eigenvalue weighted by Gasteiger charge is -2.32. The average Bonchev–Trinajstić information content (AvgIpc) is 3.05. The molecule has 0 bridgehead atoms. The van der Waals surface area contributed by atoms with E-state index in [2.05, 4.69) is 39.5 Å². The van der Waals surface area contributed by atoms with Gasteiger partial charge in [0, 0.05) is 38.4 Å². The highest BCUT2D eigenvalue weighted by molar-refractivity contribution is 5.79. The van der Waals surface area contributed by atoms with E-state index in [0.29, 0.717) is 12.5 Å². The summed E-state index contributed by atoms with van der Waals surface area (Å²) >= 11 is 0. The molecule has 1 saturated heterocycles. The molecule has 0 aromatic carbocycles. The fourth-order valence-electron chi connectivity index (χ4n) is 3.21. The molecule has 1 fully saturated rings. The van der Waals surface area contributed by atoms with Gasteiger partial charge in [0.15, 0.2) is 5.96 Å². The van der Waals surface area contributed by atoms with Crippen LogP contribution < -0.4 is 10.6 Å². The predicted octanol–water partition coefficient (Wildman–Crippen LogP) is 0.915. The van der Waals surface area contributed by atoms with Crippen molar-refractivity contribution in [3.05, 3.63) is 18.0 Å². The highest BCUT2D eigenvalue weighted by Gasteiger charge is 2.25. The Morgan fingerprint density at radius 2 is 2.24 bits per heavy atom. The number of nitrogens with one attached hydrogen (secondary N) is 2. The van der Waals surface area contributed by atoms with Gasteiger partial charge in [-0.05, 0) is 45.7 Å². The van der Waals surface area contributed by atoms with Crippen molar-refractivity contribution in [3.63, 3.8) is 0 Å². The van der Waals surface area contributed by atoms with E-state index >= 15 is 0 Å². The average molecular weight is 351 g/mol. The van der Waals surface area contributed by atoms with Gasteiger partial charge in [0.05, 0.1) is 12.7 Å². The second kappa shape index (κ2) is 9.20. The highest BCUT2D eigenvalue weighted by Crippen LogP contribution is 2.20. The topological polar surface area (TPSA) is 77.7 Å². The number of aryl methyl sites for hydroxylation is 1. The van der Waals surface area contributed by atoms with Crippen LogP contribution in [0.5, 0.6) is 0 Å². The number of hydrogen-bond acceptors (Lipinski definition) is 4. The lowest BCUT2D eigenvalue weighted by Crippen LogP contribution is -2.44. The van der Waals surface area contributed by atoms with Crippen molar-refractivity contribution in [1.82, 2.24) is 25.3 Å². The maximum Gasteiger partial charge on any atom is 0.191 e. The van der Waals surface area contributed by atoms with Crippen LogP contribution in [0, 0.1) is 5.92 Å². The van der Waals surface area contributed by atoms with Crippen molar-refractivity contribution in [2.45, 2.75) is 39.2 Å². The Balaban J connectivity index is 1.91. The Morgan fingerprint density at radius 1 is 1.44 bits per heavy atom. The first kappa shape index (κ1) is 19.7. The van der Waals surface area contributed by atoms with Gasteiger partial charge in [-0.3, -0.25) is 4.68 Å². The van der Waals surface area contributed by atoms with Gasteiger partial charge in [-0.25, -0.2) is 4.99 Å². The van der Waals surface area contributed by atoms with Gasteiger partial charge in [0.1, 0.15) is 5.60 Å². The van der Waals surface area contributed by atoms with Crippen LogP contribution in [0.15, 0.2) is 17.4 Å². The molecule has 25 heavy (non-hydrogen) atoms. The van der Waals surface area contributed by atoms with E-state index in [-0.39, 0.29) is 0 Å². The van der Waals surface area contributed by atoms with Gasteiger partial charge in [-0.2, -0.15) is 5.10 Å². The van der Waals surface area contributed by atoms with E-state index in [1.807, 2.05) is 13.2 Å². The third-order valence-corrected chi connectivity index (χ3v) is 4.82. The highest BCUT2D eigenvalue weighted by atomic mass is 16.3. The summed E-state index contributed by atoms with van der Waals surface area (Å²) in [6.45, 7) is 11.5. The molecule has 0 amide bonds. The van der Waals surface area contributed by atoms with Crippen LogP contribution in [-0.2, 0) is 12.6 Å². The first-order valence-corrected chi connectivity index (χ1v) is 9.40. The molecular weight excluding hydrogens is 316 g/mol. The Bertz CT molecular complexity index is 554. The SMILES string of the molecule is CCNC(=NCC(C)(O)c1cnn(C)c1)NCC1CCCN(CC)C1. The van der Waals surface area contributed by atoms with Gasteiger partial charge in [-0.1, -0.05) is 6.92 Å². The minimum Gasteiger partial charge on any atom is -0.383 e. The third kappa shape index (κ3) is 6.01. The third-order valence-electron chi connectivity index (χ3n) is 4.82. The number of aliphatic hydroxyl groups is 1. The van der Waals surface area contributed by atoms with E-state index in [1.54, 1.807) is 17.8 Å². The van der Waals surface area contributed by atoms with Crippen molar-refractivity contribution in [3.8, 4) is 0 Å². The minimum atomic E-state index is -1.03. The Kier molecular flexibility index (Phi) is 7.25. The molecule has 1 aromatic rings. The molecule has 2 rings (SSSR count). The summed E-state index contributed by atoms with van der Waals surface area (Å²) in [5.41, 5.74) is -0.249. The van der Waals surface area contributed by atoms with Crippen LogP contribution in [0.3, 0.4) is 0 Å². The lowest BCUT2D eigenvalue weighted by atomic mass is 9.98. The maximum absolute atomic E-state index is 10.7. The van der Waals surface area contributed by atoms with Crippen molar-refractivity contribution in [2.75, 3.05) is 39.3 Å². The number of aromatic nitrogens is 2. The standard InChI is InChI=1S/C18H34N6O/c1-5-19-17(20-10-15-8-7-9-24(6-2)12-15)21-14-18(3,25)16-11-22-23(4)13-16/h11,13,15,25H,5-10,12,14H2,1-4H3,(H2,19,20,21). The summed E-state index contributed by atoms with van der Waals surface area (Å²) in [5.74, 6) is 1.41. The molecule has 7 nitrogen and oxygen atoms in total. The zero-order chi connectivity index (χ0) is 18.3. The molecule has 1 aliphatic heterocycles. The number of piperidine rings is 1. The molecule has 0 radical (unpaired) electrons. The number of rotatable bonds is 7. The quantitative estimate of drug-likeness (QED) is 0.503. The summed E-state index contributed by atoms with van der Waals surface area (Å²) in [5, 5.41) is 21.5. The first-order valence-electron chi connectivity index (χ1n) is 9.40. The second-order valence-corrected chi connectivity index (χ2v) is 7.15. The molecule has 7 heteroatoms. The smallest absolute Gasteiger partial charge is 0.191 e. The summed E-state index contributed by atoms with van der Waals surface area (Å²) in [7, 11) is 1.85. The van der Waals surface area contributed by atoms with Crippen LogP contribution in [0.25, 0.3) is 0 Å². The molecule has 142 valence electrons. The Morgan fingerprint density at radius 3 is 2.88 bits per heavy atom. The fourth-order valence-corrected chi connectivity index (χ4v) is 3.21. The van der Waals surface area contributed by atoms with Crippen LogP contribution in [0.1, 0.15) is 39.2 Å². The van der Waals surface area contributed by atoms with E-state index < -0.39 is 5.60 Å². The molecule has 0 saturated carbocycles. The van der Waals surface area contributed by atoms with Crippen LogP contribution in [0.4, 0.5) is 0 Å². The zero-order valence-electron chi connectivity index (χ0n) is 16.1. The predicted molar refractivity (Wildman–Crippen MR) is 102 cm³/mol. The molecule has 2 unspecified atom stereocenters. The van der Waals surface area contributed by atoms with Crippen LogP contribution in [0.2, 0.25) is 0 Å². The summed E-state index contributed by atoms with van der Waals surface area (Å²) in [6.07, 6.45) is 6.05. The number of nitrogens with zero attached hydrogens (tertiary/aromatic N) is 4. The molecule has 0 spiro atoms. The molecule has 1 aromatic heterocycles. The van der Waals surface area contributed by atoms with Gasteiger partial charge in [-0.15, -0.1) is 0 Å². The number of guanidine groups is 1. The summed E-state index contributed by atoms with van der Waals surface area (Å²) in [4.78, 5) is 7.10. The normalized spacial score (nSPS) is 21.8. The van der Waals surface area contributed by atoms with Gasteiger partial charge < -0.3 is 20.6 Å². The van der Waals surface area contributed by atoms with Crippen molar-refractivity contribution < 1.29 is 5.11 Å². The van der Waals surface area contributed by atoms with Crippen molar-refractivity contribution >= 4 is 5.96 Å². The van der Waals surface area contributed by atoms with E-state index in [0.717, 1.165) is 37.7 Å². The number of aliphatic imine (C=N–C) groups is 1. The number of likely N-dealkylation sites (tertiary alicyclic amines) is 1. The zero-order valence-corrected chi connectivity index (χ0v) is 16.1. The van der Waals surface area contributed by atoms with Crippen LogP contribution >= 0.6 is 0 Å².